The molecule has 2 aliphatic rings. The van der Waals surface area contributed by atoms with Crippen LogP contribution in [0.4, 0.5) is 0 Å². The van der Waals surface area contributed by atoms with Crippen molar-refractivity contribution in [2.24, 2.45) is 0 Å². The Morgan fingerprint density at radius 1 is 0.875 bits per heavy atom. The van der Waals surface area contributed by atoms with Crippen LogP contribution in [0.3, 0.4) is 0 Å². The number of hydrogen-bond acceptors (Lipinski definition) is 3. The van der Waals surface area contributed by atoms with E-state index in [1.54, 1.807) is 0 Å². The molecule has 4 rings (SSSR count). The Morgan fingerprint density at radius 3 is 2.33 bits per heavy atom. The molecule has 2 aromatic carbocycles. The van der Waals surface area contributed by atoms with Gasteiger partial charge in [0.05, 0.1) is 6.04 Å². The highest BCUT2D eigenvalue weighted by molar-refractivity contribution is 5.66. The Kier molecular flexibility index (Phi) is 4.17. The van der Waals surface area contributed by atoms with Crippen molar-refractivity contribution >= 4 is 5.70 Å². The highest BCUT2D eigenvalue weighted by Crippen LogP contribution is 2.26. The maximum Gasteiger partial charge on any atom is 0.104 e. The van der Waals surface area contributed by atoms with Crippen LogP contribution < -0.4 is 16.0 Å². The van der Waals surface area contributed by atoms with Crippen LogP contribution in [0.15, 0.2) is 90.7 Å². The van der Waals surface area contributed by atoms with Crippen LogP contribution in [0.2, 0.25) is 0 Å². The van der Waals surface area contributed by atoms with Gasteiger partial charge in [-0.1, -0.05) is 66.7 Å². The minimum absolute atomic E-state index is 0.0914. The van der Waals surface area contributed by atoms with Crippen molar-refractivity contribution in [2.45, 2.75) is 12.2 Å². The van der Waals surface area contributed by atoms with Crippen LogP contribution >= 0.6 is 0 Å². The fraction of sp³-hybridized carbons (Fsp3) is 0.143. The molecule has 3 heteroatoms. The number of benzene rings is 2. The summed E-state index contributed by atoms with van der Waals surface area (Å²) in [5.74, 6) is 0. The average molecular weight is 315 g/mol. The van der Waals surface area contributed by atoms with Crippen molar-refractivity contribution in [3.63, 3.8) is 0 Å². The van der Waals surface area contributed by atoms with E-state index in [1.165, 1.54) is 22.4 Å². The third-order valence-corrected chi connectivity index (χ3v) is 4.41. The Morgan fingerprint density at radius 2 is 1.62 bits per heavy atom. The van der Waals surface area contributed by atoms with Crippen molar-refractivity contribution in [2.75, 3.05) is 6.54 Å². The van der Waals surface area contributed by atoms with Gasteiger partial charge in [-0.2, -0.15) is 0 Å². The van der Waals surface area contributed by atoms with Gasteiger partial charge in [-0.3, -0.25) is 5.32 Å². The molecule has 0 aliphatic carbocycles. The molecule has 2 aliphatic heterocycles. The van der Waals surface area contributed by atoms with Gasteiger partial charge >= 0.3 is 0 Å². The zero-order chi connectivity index (χ0) is 16.2. The minimum Gasteiger partial charge on any atom is -0.387 e. The first-order chi connectivity index (χ1) is 11.9. The monoisotopic (exact) mass is 315 g/mol. The fourth-order valence-electron chi connectivity index (χ4n) is 3.15. The third kappa shape index (κ3) is 3.12. The molecule has 2 unspecified atom stereocenters. The summed E-state index contributed by atoms with van der Waals surface area (Å²) < 4.78 is 0. The summed E-state index contributed by atoms with van der Waals surface area (Å²) >= 11 is 0. The van der Waals surface area contributed by atoms with Crippen LogP contribution in [-0.4, -0.2) is 12.7 Å². The van der Waals surface area contributed by atoms with E-state index in [-0.39, 0.29) is 12.2 Å². The average Bonchev–Trinajstić information content (AvgIpc) is 2.70. The standard InChI is InChI=1S/C21H21N3/c1-3-7-16(8-4-1)19-15-20(17-9-5-2-6-10-17)24-21(23-19)18-11-13-22-14-12-18/h1-13,15,19,21-24H,14H2. The molecule has 0 spiro atoms. The molecule has 2 atom stereocenters. The van der Waals surface area contributed by atoms with Gasteiger partial charge < -0.3 is 10.6 Å². The van der Waals surface area contributed by atoms with Crippen LogP contribution in [0.1, 0.15) is 17.2 Å². The lowest BCUT2D eigenvalue weighted by Crippen LogP contribution is -2.47. The molecule has 3 nitrogen and oxygen atoms in total. The number of hydrogen-bond donors (Lipinski definition) is 3. The summed E-state index contributed by atoms with van der Waals surface area (Å²) in [4.78, 5) is 0. The zero-order valence-corrected chi connectivity index (χ0v) is 13.4. The van der Waals surface area contributed by atoms with E-state index in [0.29, 0.717) is 0 Å². The van der Waals surface area contributed by atoms with E-state index in [2.05, 4.69) is 94.8 Å². The van der Waals surface area contributed by atoms with Gasteiger partial charge in [-0.05, 0) is 35.1 Å². The summed E-state index contributed by atoms with van der Waals surface area (Å²) in [5, 5.41) is 10.6. The largest absolute Gasteiger partial charge is 0.387 e. The van der Waals surface area contributed by atoms with Crippen molar-refractivity contribution < 1.29 is 0 Å². The third-order valence-electron chi connectivity index (χ3n) is 4.41. The van der Waals surface area contributed by atoms with Gasteiger partial charge in [-0.25, -0.2) is 0 Å². The van der Waals surface area contributed by atoms with Crippen LogP contribution in [0.25, 0.3) is 5.70 Å². The number of dihydropyridines is 1. The molecule has 0 saturated heterocycles. The number of nitrogens with one attached hydrogen (secondary N) is 3. The summed E-state index contributed by atoms with van der Waals surface area (Å²) in [6.07, 6.45) is 8.72. The molecular weight excluding hydrogens is 294 g/mol. The second-order valence-corrected chi connectivity index (χ2v) is 6.02. The minimum atomic E-state index is 0.0914. The van der Waals surface area contributed by atoms with Crippen molar-refractivity contribution in [3.05, 3.63) is 102 Å². The molecule has 0 amide bonds. The molecule has 0 radical (unpaired) electrons. The van der Waals surface area contributed by atoms with Crippen molar-refractivity contribution in [1.29, 1.82) is 0 Å². The SMILES string of the molecule is C1=CC(C2NC(c3ccccc3)=CC(c3ccccc3)N2)=CCN1. The molecule has 0 saturated carbocycles. The van der Waals surface area contributed by atoms with Crippen LogP contribution in [-0.2, 0) is 0 Å². The quantitative estimate of drug-likeness (QED) is 0.813. The first-order valence-electron chi connectivity index (χ1n) is 8.35. The topological polar surface area (TPSA) is 36.1 Å². The van der Waals surface area contributed by atoms with Gasteiger partial charge in [0.25, 0.3) is 0 Å². The van der Waals surface area contributed by atoms with Crippen LogP contribution in [0, 0.1) is 0 Å². The molecule has 0 aromatic heterocycles. The van der Waals surface area contributed by atoms with E-state index in [1.807, 2.05) is 6.20 Å². The fourth-order valence-corrected chi connectivity index (χ4v) is 3.15. The highest BCUT2D eigenvalue weighted by Gasteiger charge is 2.24. The smallest absolute Gasteiger partial charge is 0.104 e. The van der Waals surface area contributed by atoms with E-state index in [9.17, 15) is 0 Å². The molecule has 2 heterocycles. The Bertz CT molecular complexity index is 775. The summed E-state index contributed by atoms with van der Waals surface area (Å²) in [6.45, 7) is 0.867. The lowest BCUT2D eigenvalue weighted by molar-refractivity contribution is 0.479. The van der Waals surface area contributed by atoms with E-state index < -0.39 is 0 Å². The first-order valence-corrected chi connectivity index (χ1v) is 8.35. The second-order valence-electron chi connectivity index (χ2n) is 6.02. The molecule has 24 heavy (non-hydrogen) atoms. The van der Waals surface area contributed by atoms with E-state index in [0.717, 1.165) is 6.54 Å². The van der Waals surface area contributed by atoms with Gasteiger partial charge in [0.15, 0.2) is 0 Å². The summed E-state index contributed by atoms with van der Waals surface area (Å²) in [6, 6.07) is 21.3. The van der Waals surface area contributed by atoms with E-state index in [4.69, 9.17) is 0 Å². The molecule has 0 bridgehead atoms. The number of rotatable bonds is 3. The lowest BCUT2D eigenvalue weighted by atomic mass is 9.98. The molecule has 3 N–H and O–H groups in total. The van der Waals surface area contributed by atoms with Crippen molar-refractivity contribution in [3.8, 4) is 0 Å². The van der Waals surface area contributed by atoms with Crippen molar-refractivity contribution in [1.82, 2.24) is 16.0 Å². The first kappa shape index (κ1) is 14.8. The predicted octanol–water partition coefficient (Wildman–Crippen LogP) is 3.33. The maximum absolute atomic E-state index is 3.70. The van der Waals surface area contributed by atoms with Crippen LogP contribution in [0.5, 0.6) is 0 Å². The normalized spacial score (nSPS) is 22.8. The molecule has 120 valence electrons. The van der Waals surface area contributed by atoms with E-state index >= 15 is 0 Å². The Balaban J connectivity index is 1.70. The van der Waals surface area contributed by atoms with Gasteiger partial charge in [0, 0.05) is 12.2 Å². The highest BCUT2D eigenvalue weighted by atomic mass is 15.2. The van der Waals surface area contributed by atoms with Gasteiger partial charge in [0.2, 0.25) is 0 Å². The predicted molar refractivity (Wildman–Crippen MR) is 98.9 cm³/mol. The maximum atomic E-state index is 3.70. The zero-order valence-electron chi connectivity index (χ0n) is 13.4. The lowest BCUT2D eigenvalue weighted by Gasteiger charge is -2.34. The second kappa shape index (κ2) is 6.77. The Labute approximate surface area is 142 Å². The van der Waals surface area contributed by atoms with Gasteiger partial charge in [0.1, 0.15) is 6.17 Å². The summed E-state index contributed by atoms with van der Waals surface area (Å²) in [5.41, 5.74) is 4.91. The molecular formula is C21H21N3. The summed E-state index contributed by atoms with van der Waals surface area (Å²) in [7, 11) is 0. The Hall–Kier alpha value is -2.78. The molecule has 0 fully saturated rings. The van der Waals surface area contributed by atoms with Gasteiger partial charge in [-0.15, -0.1) is 0 Å². The molecule has 2 aromatic rings.